The Morgan fingerprint density at radius 2 is 2.41 bits per heavy atom. The number of nitrogens with zero attached hydrogens (tertiary/aromatic N) is 3. The van der Waals surface area contributed by atoms with Crippen molar-refractivity contribution < 1.29 is 14.3 Å². The topological polar surface area (TPSA) is 72.4 Å². The summed E-state index contributed by atoms with van der Waals surface area (Å²) in [6, 6.07) is 0. The number of hydrogen-bond acceptors (Lipinski definition) is 6. The fourth-order valence-electron chi connectivity index (χ4n) is 1.94. The van der Waals surface area contributed by atoms with Crippen LogP contribution in [0, 0.1) is 5.92 Å². The molecule has 0 aliphatic carbocycles. The molecule has 1 aliphatic rings. The predicted octanol–water partition coefficient (Wildman–Crippen LogP) is 0.563. The van der Waals surface area contributed by atoms with Gasteiger partial charge in [0, 0.05) is 18.5 Å². The fourth-order valence-corrected chi connectivity index (χ4v) is 2.37. The van der Waals surface area contributed by atoms with E-state index in [2.05, 4.69) is 9.59 Å². The summed E-state index contributed by atoms with van der Waals surface area (Å²) in [5.41, 5.74) is 0.348. The van der Waals surface area contributed by atoms with Gasteiger partial charge in [0.05, 0.1) is 13.0 Å². The molecule has 0 unspecified atom stereocenters. The summed E-state index contributed by atoms with van der Waals surface area (Å²) in [5.74, 6) is -0.629. The third-order valence-corrected chi connectivity index (χ3v) is 3.33. The maximum atomic E-state index is 12.0. The Hall–Kier alpha value is -1.50. The Labute approximate surface area is 103 Å². The average Bonchev–Trinajstić information content (AvgIpc) is 2.91. The van der Waals surface area contributed by atoms with E-state index in [9.17, 15) is 9.59 Å². The second-order valence-electron chi connectivity index (χ2n) is 3.90. The molecule has 7 heteroatoms. The number of carbonyl (C=O) groups excluding carboxylic acids is 2. The molecule has 0 spiro atoms. The van der Waals surface area contributed by atoms with Crippen LogP contribution in [0.25, 0.3) is 0 Å². The monoisotopic (exact) mass is 255 g/mol. The Morgan fingerprint density at radius 1 is 1.59 bits per heavy atom. The quantitative estimate of drug-likeness (QED) is 0.722. The van der Waals surface area contributed by atoms with E-state index >= 15 is 0 Å². The predicted molar refractivity (Wildman–Crippen MR) is 60.6 cm³/mol. The third-order valence-electron chi connectivity index (χ3n) is 2.82. The number of esters is 1. The molecule has 1 fully saturated rings. The van der Waals surface area contributed by atoms with Crippen molar-refractivity contribution in [3.8, 4) is 0 Å². The van der Waals surface area contributed by atoms with E-state index in [1.807, 2.05) is 0 Å². The van der Waals surface area contributed by atoms with E-state index in [-0.39, 0.29) is 17.8 Å². The highest BCUT2D eigenvalue weighted by Crippen LogP contribution is 2.19. The summed E-state index contributed by atoms with van der Waals surface area (Å²) in [6.07, 6.45) is 1.58. The first-order chi connectivity index (χ1) is 8.22. The van der Waals surface area contributed by atoms with Crippen LogP contribution >= 0.6 is 11.5 Å². The zero-order chi connectivity index (χ0) is 12.3. The molecule has 17 heavy (non-hydrogen) atoms. The number of rotatable bonds is 2. The lowest BCUT2D eigenvalue weighted by atomic mass is 9.98. The standard InChI is InChI=1S/C10H13N3O3S/c1-16-10(15)7-3-2-4-13(5-7)9(14)8-6-17-12-11-8/h6-7H,2-5H2,1H3/t7-/m0/s1. The second kappa shape index (κ2) is 5.22. The summed E-state index contributed by atoms with van der Waals surface area (Å²) in [6.45, 7) is 1.06. The first kappa shape index (κ1) is 12.0. The van der Waals surface area contributed by atoms with Crippen LogP contribution in [0.5, 0.6) is 0 Å². The maximum Gasteiger partial charge on any atom is 0.310 e. The lowest BCUT2D eigenvalue weighted by Crippen LogP contribution is -2.42. The van der Waals surface area contributed by atoms with Crippen molar-refractivity contribution in [1.82, 2.24) is 14.5 Å². The summed E-state index contributed by atoms with van der Waals surface area (Å²) in [4.78, 5) is 25.1. The number of methoxy groups -OCH3 is 1. The van der Waals surface area contributed by atoms with Crippen LogP contribution in [0.2, 0.25) is 0 Å². The Kier molecular flexibility index (Phi) is 3.68. The van der Waals surface area contributed by atoms with Gasteiger partial charge in [0.1, 0.15) is 0 Å². The van der Waals surface area contributed by atoms with Crippen molar-refractivity contribution in [3.63, 3.8) is 0 Å². The van der Waals surface area contributed by atoms with E-state index in [1.165, 1.54) is 7.11 Å². The first-order valence-corrected chi connectivity index (χ1v) is 6.20. The van der Waals surface area contributed by atoms with Crippen LogP contribution in [0.3, 0.4) is 0 Å². The van der Waals surface area contributed by atoms with Gasteiger partial charge in [-0.25, -0.2) is 0 Å². The molecule has 0 N–H and O–H groups in total. The summed E-state index contributed by atoms with van der Waals surface area (Å²) < 4.78 is 8.37. The van der Waals surface area contributed by atoms with Gasteiger partial charge < -0.3 is 9.64 Å². The van der Waals surface area contributed by atoms with Gasteiger partial charge in [0.25, 0.3) is 5.91 Å². The number of carbonyl (C=O) groups is 2. The molecular formula is C10H13N3O3S. The lowest BCUT2D eigenvalue weighted by molar-refractivity contribution is -0.146. The largest absolute Gasteiger partial charge is 0.469 e. The molecule has 2 rings (SSSR count). The van der Waals surface area contributed by atoms with Crippen molar-refractivity contribution in [2.45, 2.75) is 12.8 Å². The highest BCUT2D eigenvalue weighted by Gasteiger charge is 2.30. The minimum atomic E-state index is -0.251. The van der Waals surface area contributed by atoms with Crippen molar-refractivity contribution in [2.24, 2.45) is 5.92 Å². The molecule has 0 radical (unpaired) electrons. The summed E-state index contributed by atoms with van der Waals surface area (Å²) in [7, 11) is 1.37. The van der Waals surface area contributed by atoms with Gasteiger partial charge in [-0.3, -0.25) is 9.59 Å². The number of ether oxygens (including phenoxy) is 1. The first-order valence-electron chi connectivity index (χ1n) is 5.36. The van der Waals surface area contributed by atoms with Crippen LogP contribution in [0.1, 0.15) is 23.3 Å². The highest BCUT2D eigenvalue weighted by atomic mass is 32.1. The van der Waals surface area contributed by atoms with Gasteiger partial charge in [-0.1, -0.05) is 4.49 Å². The minimum Gasteiger partial charge on any atom is -0.469 e. The van der Waals surface area contributed by atoms with Crippen molar-refractivity contribution in [1.29, 1.82) is 0 Å². The zero-order valence-corrected chi connectivity index (χ0v) is 10.3. The second-order valence-corrected chi connectivity index (χ2v) is 4.51. The van der Waals surface area contributed by atoms with Gasteiger partial charge in [-0.15, -0.1) is 5.10 Å². The minimum absolute atomic E-state index is 0.160. The van der Waals surface area contributed by atoms with Crippen molar-refractivity contribution in [3.05, 3.63) is 11.1 Å². The molecular weight excluding hydrogens is 242 g/mol. The van der Waals surface area contributed by atoms with Crippen LogP contribution < -0.4 is 0 Å². The normalized spacial score (nSPS) is 20.1. The molecule has 1 aromatic rings. The average molecular weight is 255 g/mol. The maximum absolute atomic E-state index is 12.0. The molecule has 6 nitrogen and oxygen atoms in total. The molecule has 92 valence electrons. The van der Waals surface area contributed by atoms with Gasteiger partial charge >= 0.3 is 5.97 Å². The van der Waals surface area contributed by atoms with E-state index in [4.69, 9.17) is 4.74 Å². The molecule has 0 bridgehead atoms. The molecule has 0 aromatic carbocycles. The fraction of sp³-hybridized carbons (Fsp3) is 0.600. The number of aromatic nitrogens is 2. The molecule has 1 aliphatic heterocycles. The van der Waals surface area contributed by atoms with E-state index in [0.717, 1.165) is 24.4 Å². The Bertz CT molecular complexity index is 407. The van der Waals surface area contributed by atoms with Gasteiger partial charge in [0.2, 0.25) is 0 Å². The molecule has 1 saturated heterocycles. The zero-order valence-electron chi connectivity index (χ0n) is 9.46. The summed E-state index contributed by atoms with van der Waals surface area (Å²) >= 11 is 1.14. The number of likely N-dealkylation sites (tertiary alicyclic amines) is 1. The van der Waals surface area contributed by atoms with Crippen LogP contribution in [0.4, 0.5) is 0 Å². The Balaban J connectivity index is 2.02. The number of hydrogen-bond donors (Lipinski definition) is 0. The van der Waals surface area contributed by atoms with E-state index in [0.29, 0.717) is 18.8 Å². The van der Waals surface area contributed by atoms with E-state index < -0.39 is 0 Å². The number of amides is 1. The van der Waals surface area contributed by atoms with Crippen molar-refractivity contribution >= 4 is 23.4 Å². The molecule has 2 heterocycles. The van der Waals surface area contributed by atoms with Gasteiger partial charge in [-0.2, -0.15) is 0 Å². The van der Waals surface area contributed by atoms with Gasteiger partial charge in [0.15, 0.2) is 5.69 Å². The van der Waals surface area contributed by atoms with Crippen LogP contribution in [-0.2, 0) is 9.53 Å². The van der Waals surface area contributed by atoms with Crippen molar-refractivity contribution in [2.75, 3.05) is 20.2 Å². The van der Waals surface area contributed by atoms with Crippen LogP contribution in [-0.4, -0.2) is 46.6 Å². The molecule has 0 saturated carbocycles. The number of piperidine rings is 1. The SMILES string of the molecule is COC(=O)[C@H]1CCCN(C(=O)c2csnn2)C1. The van der Waals surface area contributed by atoms with Crippen LogP contribution in [0.15, 0.2) is 5.38 Å². The van der Waals surface area contributed by atoms with E-state index in [1.54, 1.807) is 10.3 Å². The molecule has 1 atom stereocenters. The third kappa shape index (κ3) is 2.60. The lowest BCUT2D eigenvalue weighted by Gasteiger charge is -2.30. The molecule has 1 aromatic heterocycles. The summed E-state index contributed by atoms with van der Waals surface area (Å²) in [5, 5.41) is 5.36. The highest BCUT2D eigenvalue weighted by molar-refractivity contribution is 7.03. The Morgan fingerprint density at radius 3 is 3.06 bits per heavy atom. The van der Waals surface area contributed by atoms with Gasteiger partial charge in [-0.05, 0) is 24.4 Å². The smallest absolute Gasteiger partial charge is 0.310 e. The molecule has 1 amide bonds.